The number of amides is 1. The van der Waals surface area contributed by atoms with Crippen LogP contribution in [0.25, 0.3) is 0 Å². The lowest BCUT2D eigenvalue weighted by Gasteiger charge is -2.41. The van der Waals surface area contributed by atoms with Gasteiger partial charge in [-0.15, -0.1) is 6.58 Å². The van der Waals surface area contributed by atoms with Crippen LogP contribution in [0, 0.1) is 6.92 Å². The maximum Gasteiger partial charge on any atom is 0.415 e. The van der Waals surface area contributed by atoms with Crippen molar-refractivity contribution in [1.82, 2.24) is 0 Å². The van der Waals surface area contributed by atoms with Crippen LogP contribution in [0.4, 0.5) is 10.5 Å². The second kappa shape index (κ2) is 4.24. The molecule has 3 nitrogen and oxygen atoms in total. The van der Waals surface area contributed by atoms with E-state index in [0.29, 0.717) is 6.61 Å². The van der Waals surface area contributed by atoms with Crippen molar-refractivity contribution in [3.8, 4) is 0 Å². The van der Waals surface area contributed by atoms with E-state index >= 15 is 0 Å². The second-order valence-corrected chi connectivity index (χ2v) is 4.60. The van der Waals surface area contributed by atoms with Gasteiger partial charge in [-0.05, 0) is 26.0 Å². The third kappa shape index (κ3) is 2.05. The second-order valence-electron chi connectivity index (χ2n) is 4.60. The van der Waals surface area contributed by atoms with Crippen LogP contribution in [-0.4, -0.2) is 18.2 Å². The molecule has 1 aromatic rings. The largest absolute Gasteiger partial charge is 0.449 e. The number of hydrogen-bond acceptors (Lipinski definition) is 2. The molecule has 17 heavy (non-hydrogen) atoms. The summed E-state index contributed by atoms with van der Waals surface area (Å²) in [5, 5.41) is 0. The molecule has 3 heteroatoms. The summed E-state index contributed by atoms with van der Waals surface area (Å²) in [5.74, 6) is 0. The van der Waals surface area contributed by atoms with Gasteiger partial charge in [0.15, 0.2) is 0 Å². The molecule has 1 aliphatic rings. The first-order valence-corrected chi connectivity index (χ1v) is 5.74. The van der Waals surface area contributed by atoms with Gasteiger partial charge in [-0.2, -0.15) is 0 Å². The predicted molar refractivity (Wildman–Crippen MR) is 68.2 cm³/mol. The highest BCUT2D eigenvalue weighted by Gasteiger charge is 2.38. The van der Waals surface area contributed by atoms with Gasteiger partial charge in [0, 0.05) is 12.1 Å². The van der Waals surface area contributed by atoms with Gasteiger partial charge in [0.1, 0.15) is 0 Å². The fourth-order valence-corrected chi connectivity index (χ4v) is 2.02. The van der Waals surface area contributed by atoms with E-state index in [1.165, 1.54) is 5.56 Å². The number of rotatable bonds is 2. The molecule has 0 aliphatic carbocycles. The number of hydrogen-bond donors (Lipinski definition) is 0. The molecule has 1 aromatic carbocycles. The Labute approximate surface area is 102 Å². The normalized spacial score (nSPS) is 24.4. The molecule has 90 valence electrons. The lowest BCUT2D eigenvalue weighted by atomic mass is 9.94. The van der Waals surface area contributed by atoms with Crippen molar-refractivity contribution in [2.24, 2.45) is 0 Å². The summed E-state index contributed by atoms with van der Waals surface area (Å²) in [6, 6.07) is 7.84. The molecule has 0 spiro atoms. The molecule has 2 rings (SSSR count). The van der Waals surface area contributed by atoms with Crippen LogP contribution in [0.3, 0.4) is 0 Å². The minimum Gasteiger partial charge on any atom is -0.449 e. The highest BCUT2D eigenvalue weighted by Crippen LogP contribution is 2.32. The van der Waals surface area contributed by atoms with Crippen molar-refractivity contribution < 1.29 is 9.53 Å². The van der Waals surface area contributed by atoms with Crippen molar-refractivity contribution in [2.45, 2.75) is 25.8 Å². The molecule has 1 unspecified atom stereocenters. The van der Waals surface area contributed by atoms with E-state index in [4.69, 9.17) is 4.74 Å². The van der Waals surface area contributed by atoms with Crippen LogP contribution in [0.5, 0.6) is 0 Å². The van der Waals surface area contributed by atoms with Crippen LogP contribution in [0.15, 0.2) is 36.9 Å². The third-order valence-electron chi connectivity index (χ3n) is 3.26. The SMILES string of the molecule is C=CC1(C)CCOC(=O)N1c1ccc(C)cc1. The van der Waals surface area contributed by atoms with Crippen LogP contribution in [-0.2, 0) is 4.74 Å². The first kappa shape index (κ1) is 11.7. The highest BCUT2D eigenvalue weighted by molar-refractivity contribution is 5.90. The van der Waals surface area contributed by atoms with Crippen molar-refractivity contribution in [3.05, 3.63) is 42.5 Å². The predicted octanol–water partition coefficient (Wildman–Crippen LogP) is 3.29. The maximum atomic E-state index is 11.9. The Kier molecular flexibility index (Phi) is 2.92. The van der Waals surface area contributed by atoms with Crippen LogP contribution >= 0.6 is 0 Å². The van der Waals surface area contributed by atoms with Crippen LogP contribution < -0.4 is 4.90 Å². The quantitative estimate of drug-likeness (QED) is 0.731. The van der Waals surface area contributed by atoms with E-state index in [1.807, 2.05) is 44.2 Å². The summed E-state index contributed by atoms with van der Waals surface area (Å²) in [4.78, 5) is 13.6. The molecule has 0 bridgehead atoms. The Morgan fingerprint density at radius 2 is 2.06 bits per heavy atom. The number of aryl methyl sites for hydroxylation is 1. The van der Waals surface area contributed by atoms with E-state index in [9.17, 15) is 4.79 Å². The first-order chi connectivity index (χ1) is 8.07. The molecule has 0 radical (unpaired) electrons. The lowest BCUT2D eigenvalue weighted by molar-refractivity contribution is 0.120. The number of cyclic esters (lactones) is 1. The van der Waals surface area contributed by atoms with Crippen molar-refractivity contribution >= 4 is 11.8 Å². The molecular weight excluding hydrogens is 214 g/mol. The standard InChI is InChI=1S/C14H17NO2/c1-4-14(3)9-10-17-13(16)15(14)12-7-5-11(2)6-8-12/h4-8H,1,9-10H2,2-3H3. The molecular formula is C14H17NO2. The molecule has 1 amide bonds. The number of nitrogens with zero attached hydrogens (tertiary/aromatic N) is 1. The van der Waals surface area contributed by atoms with E-state index in [2.05, 4.69) is 6.58 Å². The molecule has 1 heterocycles. The van der Waals surface area contributed by atoms with E-state index in [0.717, 1.165) is 12.1 Å². The molecule has 1 aliphatic heterocycles. The maximum absolute atomic E-state index is 11.9. The Hall–Kier alpha value is -1.77. The van der Waals surface area contributed by atoms with Gasteiger partial charge in [-0.25, -0.2) is 4.79 Å². The number of ether oxygens (including phenoxy) is 1. The lowest BCUT2D eigenvalue weighted by Crippen LogP contribution is -2.53. The van der Waals surface area contributed by atoms with Gasteiger partial charge in [-0.1, -0.05) is 23.8 Å². The summed E-state index contributed by atoms with van der Waals surface area (Å²) >= 11 is 0. The topological polar surface area (TPSA) is 29.5 Å². The average Bonchev–Trinajstić information content (AvgIpc) is 2.31. The van der Waals surface area contributed by atoms with E-state index in [1.54, 1.807) is 4.90 Å². The van der Waals surface area contributed by atoms with Gasteiger partial charge in [0.25, 0.3) is 0 Å². The minimum absolute atomic E-state index is 0.303. The van der Waals surface area contributed by atoms with Crippen LogP contribution in [0.1, 0.15) is 18.9 Å². The van der Waals surface area contributed by atoms with Gasteiger partial charge in [0.2, 0.25) is 0 Å². The summed E-state index contributed by atoms with van der Waals surface area (Å²) in [7, 11) is 0. The zero-order valence-electron chi connectivity index (χ0n) is 10.3. The highest BCUT2D eigenvalue weighted by atomic mass is 16.6. The van der Waals surface area contributed by atoms with Crippen molar-refractivity contribution in [2.75, 3.05) is 11.5 Å². The van der Waals surface area contributed by atoms with Crippen LogP contribution in [0.2, 0.25) is 0 Å². The van der Waals surface area contributed by atoms with E-state index in [-0.39, 0.29) is 11.6 Å². The van der Waals surface area contributed by atoms with Gasteiger partial charge < -0.3 is 4.74 Å². The van der Waals surface area contributed by atoms with E-state index < -0.39 is 0 Å². The fourth-order valence-electron chi connectivity index (χ4n) is 2.02. The number of carbonyl (C=O) groups excluding carboxylic acids is 1. The monoisotopic (exact) mass is 231 g/mol. The average molecular weight is 231 g/mol. The summed E-state index contributed by atoms with van der Waals surface area (Å²) in [6.07, 6.45) is 2.27. The summed E-state index contributed by atoms with van der Waals surface area (Å²) < 4.78 is 5.11. The third-order valence-corrected chi connectivity index (χ3v) is 3.26. The Morgan fingerprint density at radius 1 is 1.41 bits per heavy atom. The zero-order chi connectivity index (χ0) is 12.5. The molecule has 0 saturated carbocycles. The number of benzene rings is 1. The Bertz CT molecular complexity index is 438. The Morgan fingerprint density at radius 3 is 2.65 bits per heavy atom. The van der Waals surface area contributed by atoms with Crippen molar-refractivity contribution in [1.29, 1.82) is 0 Å². The minimum atomic E-state index is -0.370. The van der Waals surface area contributed by atoms with Gasteiger partial charge in [0.05, 0.1) is 12.1 Å². The smallest absolute Gasteiger partial charge is 0.415 e. The zero-order valence-corrected chi connectivity index (χ0v) is 10.3. The van der Waals surface area contributed by atoms with Crippen molar-refractivity contribution in [3.63, 3.8) is 0 Å². The molecule has 0 aromatic heterocycles. The fraction of sp³-hybridized carbons (Fsp3) is 0.357. The number of carbonyl (C=O) groups is 1. The molecule has 1 atom stereocenters. The number of anilines is 1. The summed E-state index contributed by atoms with van der Waals surface area (Å²) in [5.41, 5.74) is 1.65. The van der Waals surface area contributed by atoms with Gasteiger partial charge in [-0.3, -0.25) is 4.90 Å². The molecule has 0 N–H and O–H groups in total. The van der Waals surface area contributed by atoms with Gasteiger partial charge >= 0.3 is 6.09 Å². The summed E-state index contributed by atoms with van der Waals surface area (Å²) in [6.45, 7) is 8.30. The first-order valence-electron chi connectivity index (χ1n) is 5.74. The molecule has 1 fully saturated rings. The Balaban J connectivity index is 2.41. The molecule has 1 saturated heterocycles.